The summed E-state index contributed by atoms with van der Waals surface area (Å²) in [5.74, 6) is 0.799. The van der Waals surface area contributed by atoms with Crippen LogP contribution in [0.15, 0.2) is 70.8 Å². The van der Waals surface area contributed by atoms with Gasteiger partial charge in [-0.05, 0) is 35.0 Å². The van der Waals surface area contributed by atoms with Gasteiger partial charge in [0.25, 0.3) is 5.56 Å². The number of hydrogen-bond donors (Lipinski definition) is 1. The van der Waals surface area contributed by atoms with Crippen molar-refractivity contribution in [1.82, 2.24) is 4.57 Å². The summed E-state index contributed by atoms with van der Waals surface area (Å²) < 4.78 is 12.5. The van der Waals surface area contributed by atoms with E-state index in [0.717, 1.165) is 38.3 Å². The van der Waals surface area contributed by atoms with Crippen LogP contribution >= 0.6 is 11.3 Å². The van der Waals surface area contributed by atoms with E-state index in [4.69, 9.17) is 9.47 Å². The molecule has 0 atom stereocenters. The largest absolute Gasteiger partial charge is 0.497 e. The van der Waals surface area contributed by atoms with Crippen LogP contribution in [-0.2, 0) is 17.8 Å². The Bertz CT molecular complexity index is 1200. The lowest BCUT2D eigenvalue weighted by molar-refractivity contribution is 0.187. The fourth-order valence-electron chi connectivity index (χ4n) is 3.66. The van der Waals surface area contributed by atoms with E-state index in [2.05, 4.69) is 11.4 Å². The predicted molar refractivity (Wildman–Crippen MR) is 124 cm³/mol. The first-order valence-electron chi connectivity index (χ1n) is 9.78. The van der Waals surface area contributed by atoms with Gasteiger partial charge in [0.1, 0.15) is 5.75 Å². The lowest BCUT2D eigenvalue weighted by Gasteiger charge is -2.20. The molecule has 2 aromatic carbocycles. The van der Waals surface area contributed by atoms with E-state index in [1.54, 1.807) is 25.6 Å². The number of benzene rings is 2. The third-order valence-electron chi connectivity index (χ3n) is 5.10. The molecule has 6 heteroatoms. The molecule has 0 amide bonds. The van der Waals surface area contributed by atoms with Gasteiger partial charge in [-0.2, -0.15) is 0 Å². The van der Waals surface area contributed by atoms with Crippen LogP contribution in [0.3, 0.4) is 0 Å². The summed E-state index contributed by atoms with van der Waals surface area (Å²) in [6.45, 7) is 1.55. The molecule has 4 aromatic rings. The number of pyridine rings is 1. The van der Waals surface area contributed by atoms with Crippen molar-refractivity contribution in [1.29, 1.82) is 0 Å². The molecule has 0 aliphatic rings. The third kappa shape index (κ3) is 3.97. The second kappa shape index (κ2) is 9.15. The maximum atomic E-state index is 13.3. The van der Waals surface area contributed by atoms with Crippen molar-refractivity contribution in [3.05, 3.63) is 82.0 Å². The van der Waals surface area contributed by atoms with Gasteiger partial charge >= 0.3 is 0 Å². The molecule has 0 fully saturated rings. The second-order valence-corrected chi connectivity index (χ2v) is 7.83. The smallest absolute Gasteiger partial charge is 0.259 e. The van der Waals surface area contributed by atoms with Crippen molar-refractivity contribution in [2.24, 2.45) is 0 Å². The molecule has 0 unspecified atom stereocenters. The molecular weight excluding hydrogens is 396 g/mol. The number of anilines is 1. The lowest BCUT2D eigenvalue weighted by Crippen LogP contribution is -2.26. The van der Waals surface area contributed by atoms with Crippen LogP contribution in [0.25, 0.3) is 21.3 Å². The predicted octanol–water partition coefficient (Wildman–Crippen LogP) is 5.00. The molecule has 4 rings (SSSR count). The lowest BCUT2D eigenvalue weighted by atomic mass is 10.0. The van der Waals surface area contributed by atoms with Crippen molar-refractivity contribution >= 4 is 27.8 Å². The molecule has 154 valence electrons. The number of fused-ring (bicyclic) bond motifs is 1. The van der Waals surface area contributed by atoms with Crippen LogP contribution < -0.4 is 15.6 Å². The second-order valence-electron chi connectivity index (χ2n) is 6.89. The quantitative estimate of drug-likeness (QED) is 0.436. The Balaban J connectivity index is 1.88. The van der Waals surface area contributed by atoms with E-state index < -0.39 is 0 Å². The summed E-state index contributed by atoms with van der Waals surface area (Å²) in [6.07, 6.45) is 0. The zero-order valence-electron chi connectivity index (χ0n) is 17.1. The van der Waals surface area contributed by atoms with Crippen LogP contribution in [-0.4, -0.2) is 25.4 Å². The molecular formula is C24H24N2O3S. The van der Waals surface area contributed by atoms with Gasteiger partial charge in [0, 0.05) is 42.9 Å². The van der Waals surface area contributed by atoms with E-state index in [-0.39, 0.29) is 5.56 Å². The molecule has 5 nitrogen and oxygen atoms in total. The number of hydrogen-bond acceptors (Lipinski definition) is 5. The fourth-order valence-corrected chi connectivity index (χ4v) is 4.47. The number of rotatable bonds is 8. The van der Waals surface area contributed by atoms with E-state index >= 15 is 0 Å². The Morgan fingerprint density at radius 1 is 1.00 bits per heavy atom. The van der Waals surface area contributed by atoms with Crippen molar-refractivity contribution in [2.45, 2.75) is 13.1 Å². The molecule has 1 N–H and O–H groups in total. The number of methoxy groups -OCH3 is 2. The van der Waals surface area contributed by atoms with Gasteiger partial charge in [-0.25, -0.2) is 0 Å². The number of ether oxygens (including phenoxy) is 2. The van der Waals surface area contributed by atoms with Gasteiger partial charge in [-0.1, -0.05) is 30.3 Å². The molecule has 0 spiro atoms. The molecule has 0 bridgehead atoms. The van der Waals surface area contributed by atoms with Crippen LogP contribution in [0, 0.1) is 0 Å². The minimum atomic E-state index is 0.0104. The number of thiophene rings is 1. The fraction of sp³-hybridized carbons (Fsp3) is 0.208. The first-order chi connectivity index (χ1) is 14.7. The van der Waals surface area contributed by atoms with Crippen LogP contribution in [0.5, 0.6) is 5.75 Å². The highest BCUT2D eigenvalue weighted by Crippen LogP contribution is 2.32. The average Bonchev–Trinajstić information content (AvgIpc) is 3.32. The number of nitrogens with zero attached hydrogens (tertiary/aromatic N) is 1. The highest BCUT2D eigenvalue weighted by atomic mass is 32.1. The van der Waals surface area contributed by atoms with Gasteiger partial charge in [-0.15, -0.1) is 11.3 Å². The number of aromatic nitrogens is 1. The normalized spacial score (nSPS) is 11.0. The maximum Gasteiger partial charge on any atom is 0.259 e. The van der Waals surface area contributed by atoms with Gasteiger partial charge in [-0.3, -0.25) is 4.79 Å². The Labute approximate surface area is 179 Å². The summed E-state index contributed by atoms with van der Waals surface area (Å²) >= 11 is 1.63. The van der Waals surface area contributed by atoms with Gasteiger partial charge < -0.3 is 19.4 Å². The molecule has 0 aliphatic carbocycles. The van der Waals surface area contributed by atoms with Gasteiger partial charge in [0.2, 0.25) is 0 Å². The van der Waals surface area contributed by atoms with Crippen molar-refractivity contribution in [2.75, 3.05) is 26.1 Å². The Kier molecular flexibility index (Phi) is 6.16. The van der Waals surface area contributed by atoms with Crippen molar-refractivity contribution in [3.63, 3.8) is 0 Å². The Hall–Kier alpha value is -3.09. The van der Waals surface area contributed by atoms with E-state index in [9.17, 15) is 4.79 Å². The zero-order chi connectivity index (χ0) is 20.9. The first-order valence-corrected chi connectivity index (χ1v) is 10.7. The van der Waals surface area contributed by atoms with Crippen LogP contribution in [0.1, 0.15) is 5.56 Å². The van der Waals surface area contributed by atoms with Crippen molar-refractivity contribution in [3.8, 4) is 16.3 Å². The topological polar surface area (TPSA) is 52.5 Å². The minimum Gasteiger partial charge on any atom is -0.497 e. The summed E-state index contributed by atoms with van der Waals surface area (Å²) in [5, 5.41) is 7.23. The maximum absolute atomic E-state index is 13.3. The summed E-state index contributed by atoms with van der Waals surface area (Å²) in [4.78, 5) is 14.4. The highest BCUT2D eigenvalue weighted by Gasteiger charge is 2.18. The summed E-state index contributed by atoms with van der Waals surface area (Å²) in [7, 11) is 3.31. The summed E-state index contributed by atoms with van der Waals surface area (Å²) in [5.41, 5.74) is 3.01. The number of nitrogens with one attached hydrogen (secondary N) is 1. The van der Waals surface area contributed by atoms with Crippen molar-refractivity contribution < 1.29 is 9.47 Å². The molecule has 0 radical (unpaired) electrons. The molecule has 2 heterocycles. The SMILES string of the molecule is COCCn1c(-c2cccs2)c(CNc2cccc(OC)c2)c2ccccc2c1=O. The van der Waals surface area contributed by atoms with E-state index in [1.807, 2.05) is 64.5 Å². The molecule has 30 heavy (non-hydrogen) atoms. The van der Waals surface area contributed by atoms with Crippen LogP contribution in [0.2, 0.25) is 0 Å². The molecule has 2 aromatic heterocycles. The van der Waals surface area contributed by atoms with E-state index in [1.165, 1.54) is 0 Å². The highest BCUT2D eigenvalue weighted by molar-refractivity contribution is 7.13. The first kappa shape index (κ1) is 20.2. The monoisotopic (exact) mass is 420 g/mol. The van der Waals surface area contributed by atoms with Gasteiger partial charge in [0.05, 0.1) is 24.3 Å². The zero-order valence-corrected chi connectivity index (χ0v) is 17.9. The van der Waals surface area contributed by atoms with Gasteiger partial charge in [0.15, 0.2) is 0 Å². The molecule has 0 aliphatic heterocycles. The Morgan fingerprint density at radius 3 is 2.57 bits per heavy atom. The van der Waals surface area contributed by atoms with Crippen LogP contribution in [0.4, 0.5) is 5.69 Å². The third-order valence-corrected chi connectivity index (χ3v) is 5.97. The summed E-state index contributed by atoms with van der Waals surface area (Å²) in [6, 6.07) is 19.7. The standard InChI is InChI=1S/C24H24N2O3S/c1-28-13-12-26-23(22-11-6-14-30-22)21(19-9-3-4-10-20(19)24(26)27)16-25-17-7-5-8-18(15-17)29-2/h3-11,14-15,25H,12-13,16H2,1-2H3. The molecule has 0 saturated heterocycles. The average molecular weight is 421 g/mol. The Morgan fingerprint density at radius 2 is 1.83 bits per heavy atom. The molecule has 0 saturated carbocycles. The minimum absolute atomic E-state index is 0.0104. The van der Waals surface area contributed by atoms with E-state index in [0.29, 0.717) is 19.7 Å².